The highest BCUT2D eigenvalue weighted by Gasteiger charge is 2.07. The predicted octanol–water partition coefficient (Wildman–Crippen LogP) is 2.95. The van der Waals surface area contributed by atoms with Gasteiger partial charge >= 0.3 is 0 Å². The molecule has 0 amide bonds. The van der Waals surface area contributed by atoms with E-state index < -0.39 is 0 Å². The summed E-state index contributed by atoms with van der Waals surface area (Å²) in [7, 11) is 0. The van der Waals surface area contributed by atoms with Gasteiger partial charge in [0.25, 0.3) is 0 Å². The third-order valence-corrected chi connectivity index (χ3v) is 3.47. The number of hydrogen-bond donors (Lipinski definition) is 1. The molecule has 1 rings (SSSR count). The van der Waals surface area contributed by atoms with Gasteiger partial charge in [-0.2, -0.15) is 0 Å². The van der Waals surface area contributed by atoms with E-state index in [2.05, 4.69) is 44.0 Å². The van der Waals surface area contributed by atoms with Crippen LogP contribution in [0.4, 0.5) is 0 Å². The van der Waals surface area contributed by atoms with Crippen LogP contribution in [-0.4, -0.2) is 37.7 Å². The number of ether oxygens (including phenoxy) is 1. The lowest BCUT2D eigenvalue weighted by Gasteiger charge is -2.17. The monoisotopic (exact) mass is 282 g/mol. The zero-order valence-electron chi connectivity index (χ0n) is 13.5. The lowest BCUT2D eigenvalue weighted by molar-refractivity contribution is 0.0836. The van der Waals surface area contributed by atoms with Crippen LogP contribution in [0.1, 0.15) is 44.3 Å². The number of hydrogen-bond acceptors (Lipinski definition) is 4. The molecule has 0 saturated carbocycles. The number of rotatable bonds is 11. The minimum absolute atomic E-state index is 0.565. The van der Waals surface area contributed by atoms with Gasteiger partial charge in [-0.05, 0) is 44.6 Å². The Bertz CT molecular complexity index is 359. The minimum atomic E-state index is 0.565. The Hall–Kier alpha value is -0.840. The second-order valence-electron chi connectivity index (χ2n) is 5.08. The number of likely N-dealkylation sites (N-methyl/N-ethyl adjacent to an activating group) is 1. The maximum Gasteiger partial charge on any atom is 0.130 e. The van der Waals surface area contributed by atoms with Gasteiger partial charge in [-0.1, -0.05) is 20.8 Å². The molecule has 4 nitrogen and oxygen atoms in total. The summed E-state index contributed by atoms with van der Waals surface area (Å²) in [6.07, 6.45) is 1.14. The van der Waals surface area contributed by atoms with Crippen molar-refractivity contribution in [1.82, 2.24) is 10.2 Å². The van der Waals surface area contributed by atoms with Crippen LogP contribution in [0.25, 0.3) is 0 Å². The second kappa shape index (κ2) is 9.97. The van der Waals surface area contributed by atoms with Crippen molar-refractivity contribution in [3.63, 3.8) is 0 Å². The van der Waals surface area contributed by atoms with Crippen LogP contribution in [0.5, 0.6) is 0 Å². The molecule has 0 spiro atoms. The minimum Gasteiger partial charge on any atom is -0.462 e. The quantitative estimate of drug-likeness (QED) is 0.633. The Morgan fingerprint density at radius 3 is 2.65 bits per heavy atom. The molecule has 1 aromatic heterocycles. The molecule has 0 aromatic carbocycles. The van der Waals surface area contributed by atoms with Crippen molar-refractivity contribution in [3.8, 4) is 0 Å². The molecule has 0 unspecified atom stereocenters. The zero-order chi connectivity index (χ0) is 14.8. The SMILES string of the molecule is CCCNCc1oc(COCCN(CC)CC)cc1C. The highest BCUT2D eigenvalue weighted by molar-refractivity contribution is 5.19. The van der Waals surface area contributed by atoms with Gasteiger partial charge in [0.05, 0.1) is 13.2 Å². The summed E-state index contributed by atoms with van der Waals surface area (Å²) in [4.78, 5) is 2.35. The summed E-state index contributed by atoms with van der Waals surface area (Å²) in [6.45, 7) is 14.9. The topological polar surface area (TPSA) is 37.6 Å². The summed E-state index contributed by atoms with van der Waals surface area (Å²) >= 11 is 0. The molecule has 0 radical (unpaired) electrons. The molecule has 0 aliphatic carbocycles. The standard InChI is InChI=1S/C16H30N2O2/c1-5-8-17-12-16-14(4)11-15(20-16)13-19-10-9-18(6-2)7-3/h11,17H,5-10,12-13H2,1-4H3. The largest absolute Gasteiger partial charge is 0.462 e. The molecular formula is C16H30N2O2. The first kappa shape index (κ1) is 17.2. The van der Waals surface area contributed by atoms with Crippen LogP contribution < -0.4 is 5.32 Å². The highest BCUT2D eigenvalue weighted by Crippen LogP contribution is 2.15. The van der Waals surface area contributed by atoms with E-state index in [9.17, 15) is 0 Å². The van der Waals surface area contributed by atoms with Crippen LogP contribution in [0.2, 0.25) is 0 Å². The van der Waals surface area contributed by atoms with Crippen LogP contribution in [0.3, 0.4) is 0 Å². The van der Waals surface area contributed by atoms with Crippen molar-refractivity contribution in [2.75, 3.05) is 32.8 Å². The molecule has 1 aromatic rings. The van der Waals surface area contributed by atoms with Crippen molar-refractivity contribution in [3.05, 3.63) is 23.2 Å². The molecule has 0 saturated heterocycles. The first-order valence-electron chi connectivity index (χ1n) is 7.80. The third kappa shape index (κ3) is 6.07. The Morgan fingerprint density at radius 1 is 1.25 bits per heavy atom. The lowest BCUT2D eigenvalue weighted by atomic mass is 10.2. The summed E-state index contributed by atoms with van der Waals surface area (Å²) in [6, 6.07) is 2.08. The first-order chi connectivity index (χ1) is 9.71. The van der Waals surface area contributed by atoms with Crippen molar-refractivity contribution >= 4 is 0 Å². The van der Waals surface area contributed by atoms with E-state index in [0.717, 1.165) is 57.3 Å². The average molecular weight is 282 g/mol. The van der Waals surface area contributed by atoms with Crippen molar-refractivity contribution < 1.29 is 9.15 Å². The molecule has 20 heavy (non-hydrogen) atoms. The maximum atomic E-state index is 5.82. The molecule has 0 atom stereocenters. The molecule has 1 N–H and O–H groups in total. The third-order valence-electron chi connectivity index (χ3n) is 3.47. The van der Waals surface area contributed by atoms with Crippen LogP contribution in [0.15, 0.2) is 10.5 Å². The Kier molecular flexibility index (Phi) is 8.58. The fourth-order valence-electron chi connectivity index (χ4n) is 2.12. The van der Waals surface area contributed by atoms with Crippen molar-refractivity contribution in [1.29, 1.82) is 0 Å². The zero-order valence-corrected chi connectivity index (χ0v) is 13.5. The fourth-order valence-corrected chi connectivity index (χ4v) is 2.12. The molecular weight excluding hydrogens is 252 g/mol. The van der Waals surface area contributed by atoms with Crippen molar-refractivity contribution in [2.45, 2.75) is 47.3 Å². The Morgan fingerprint density at radius 2 is 2.00 bits per heavy atom. The Balaban J connectivity index is 2.28. The summed E-state index contributed by atoms with van der Waals surface area (Å²) in [5.74, 6) is 1.95. The molecule has 0 fully saturated rings. The van der Waals surface area contributed by atoms with E-state index >= 15 is 0 Å². The van der Waals surface area contributed by atoms with E-state index in [1.165, 1.54) is 5.56 Å². The van der Waals surface area contributed by atoms with Crippen LogP contribution >= 0.6 is 0 Å². The second-order valence-corrected chi connectivity index (χ2v) is 5.08. The number of nitrogens with one attached hydrogen (secondary N) is 1. The summed E-state index contributed by atoms with van der Waals surface area (Å²) in [5.41, 5.74) is 1.20. The van der Waals surface area contributed by atoms with Crippen LogP contribution in [0, 0.1) is 6.92 Å². The van der Waals surface area contributed by atoms with E-state index in [4.69, 9.17) is 9.15 Å². The predicted molar refractivity (Wildman–Crippen MR) is 82.9 cm³/mol. The molecule has 0 aliphatic heterocycles. The molecule has 4 heteroatoms. The smallest absolute Gasteiger partial charge is 0.130 e. The van der Waals surface area contributed by atoms with Gasteiger partial charge in [-0.25, -0.2) is 0 Å². The molecule has 0 bridgehead atoms. The van der Waals surface area contributed by atoms with Gasteiger partial charge in [0, 0.05) is 6.54 Å². The van der Waals surface area contributed by atoms with Crippen LogP contribution in [-0.2, 0) is 17.9 Å². The molecule has 116 valence electrons. The van der Waals surface area contributed by atoms with E-state index in [-0.39, 0.29) is 0 Å². The van der Waals surface area contributed by atoms with Gasteiger partial charge in [0.1, 0.15) is 18.1 Å². The van der Waals surface area contributed by atoms with E-state index in [1.54, 1.807) is 0 Å². The molecule has 1 heterocycles. The average Bonchev–Trinajstić information content (AvgIpc) is 2.80. The summed E-state index contributed by atoms with van der Waals surface area (Å²) < 4.78 is 11.5. The number of furan rings is 1. The number of nitrogens with zero attached hydrogens (tertiary/aromatic N) is 1. The summed E-state index contributed by atoms with van der Waals surface area (Å²) in [5, 5.41) is 3.36. The van der Waals surface area contributed by atoms with Gasteiger partial charge in [-0.3, -0.25) is 0 Å². The first-order valence-corrected chi connectivity index (χ1v) is 7.80. The lowest BCUT2D eigenvalue weighted by Crippen LogP contribution is -2.26. The van der Waals surface area contributed by atoms with Crippen molar-refractivity contribution in [2.24, 2.45) is 0 Å². The maximum absolute atomic E-state index is 5.82. The van der Waals surface area contributed by atoms with E-state index in [0.29, 0.717) is 6.61 Å². The number of aryl methyl sites for hydroxylation is 1. The fraction of sp³-hybridized carbons (Fsp3) is 0.750. The van der Waals surface area contributed by atoms with Gasteiger partial charge in [0.15, 0.2) is 0 Å². The Labute approximate surface area is 123 Å². The normalized spacial score (nSPS) is 11.4. The highest BCUT2D eigenvalue weighted by atomic mass is 16.5. The van der Waals surface area contributed by atoms with E-state index in [1.807, 2.05) is 0 Å². The van der Waals surface area contributed by atoms with Gasteiger partial charge in [0.2, 0.25) is 0 Å². The van der Waals surface area contributed by atoms with Gasteiger partial charge < -0.3 is 19.4 Å². The molecule has 0 aliphatic rings. The van der Waals surface area contributed by atoms with Gasteiger partial charge in [-0.15, -0.1) is 0 Å².